The fourth-order valence-electron chi connectivity index (χ4n) is 4.34. The van der Waals surface area contributed by atoms with Crippen molar-refractivity contribution in [3.05, 3.63) is 35.9 Å². The first-order valence-electron chi connectivity index (χ1n) is 9.02. The van der Waals surface area contributed by atoms with Gasteiger partial charge in [-0.2, -0.15) is 0 Å². The summed E-state index contributed by atoms with van der Waals surface area (Å²) in [7, 11) is 0. The highest BCUT2D eigenvalue weighted by molar-refractivity contribution is 5.13. The summed E-state index contributed by atoms with van der Waals surface area (Å²) >= 11 is 0. The van der Waals surface area contributed by atoms with E-state index < -0.39 is 0 Å². The summed E-state index contributed by atoms with van der Waals surface area (Å²) < 4.78 is 0. The molecule has 116 valence electrons. The Bertz CT molecular complexity index is 409. The lowest BCUT2D eigenvalue weighted by molar-refractivity contribution is -0.927. The number of hydrogen-bond donors (Lipinski definition) is 2. The van der Waals surface area contributed by atoms with Crippen molar-refractivity contribution >= 4 is 0 Å². The Hall–Kier alpha value is -0.860. The lowest BCUT2D eigenvalue weighted by Gasteiger charge is -2.32. The lowest BCUT2D eigenvalue weighted by atomic mass is 9.86. The average Bonchev–Trinajstić information content (AvgIpc) is 2.50. The normalized spacial score (nSPS) is 33.8. The number of quaternary nitrogens is 2. The predicted octanol–water partition coefficient (Wildman–Crippen LogP) is 1.38. The number of nitrogens with two attached hydrogens (primary N) is 1. The molecule has 1 aromatic rings. The Labute approximate surface area is 129 Å². The van der Waals surface area contributed by atoms with Gasteiger partial charge in [-0.05, 0) is 18.8 Å². The molecule has 0 aromatic heterocycles. The molecule has 2 heteroatoms. The highest BCUT2D eigenvalue weighted by Gasteiger charge is 2.29. The maximum Gasteiger partial charge on any atom is 0.103 e. The van der Waals surface area contributed by atoms with Gasteiger partial charge < -0.3 is 10.2 Å². The van der Waals surface area contributed by atoms with Gasteiger partial charge >= 0.3 is 0 Å². The summed E-state index contributed by atoms with van der Waals surface area (Å²) in [6, 6.07) is 12.8. The zero-order chi connectivity index (χ0) is 14.5. The van der Waals surface area contributed by atoms with Crippen LogP contribution in [0.15, 0.2) is 30.3 Å². The molecular weight excluding hydrogens is 256 g/mol. The Kier molecular flexibility index (Phi) is 5.32. The molecule has 3 rings (SSSR count). The molecule has 2 aliphatic rings. The van der Waals surface area contributed by atoms with Gasteiger partial charge in [0.2, 0.25) is 0 Å². The molecule has 0 unspecified atom stereocenters. The Balaban J connectivity index is 1.40. The molecule has 1 saturated carbocycles. The van der Waals surface area contributed by atoms with Gasteiger partial charge in [-0.15, -0.1) is 0 Å². The molecular formula is C19H32N2+2. The molecule has 21 heavy (non-hydrogen) atoms. The van der Waals surface area contributed by atoms with Crippen LogP contribution < -0.4 is 10.2 Å². The quantitative estimate of drug-likeness (QED) is 0.835. The summed E-state index contributed by atoms with van der Waals surface area (Å²) in [5.74, 6) is 0.962. The molecule has 1 saturated heterocycles. The van der Waals surface area contributed by atoms with Crippen molar-refractivity contribution in [2.24, 2.45) is 5.92 Å². The molecule has 2 fully saturated rings. The van der Waals surface area contributed by atoms with Gasteiger partial charge in [-0.3, -0.25) is 0 Å². The van der Waals surface area contributed by atoms with Crippen LogP contribution in [0.1, 0.15) is 51.0 Å². The average molecular weight is 288 g/mol. The summed E-state index contributed by atoms with van der Waals surface area (Å²) in [6.45, 7) is 6.37. The second-order valence-corrected chi connectivity index (χ2v) is 7.47. The third-order valence-corrected chi connectivity index (χ3v) is 5.56. The molecule has 1 heterocycles. The van der Waals surface area contributed by atoms with Crippen LogP contribution in [0.5, 0.6) is 0 Å². The number of piperidine rings is 1. The molecule has 2 atom stereocenters. The Morgan fingerprint density at radius 2 is 1.76 bits per heavy atom. The Morgan fingerprint density at radius 3 is 2.48 bits per heavy atom. The predicted molar refractivity (Wildman–Crippen MR) is 87.2 cm³/mol. The van der Waals surface area contributed by atoms with Gasteiger partial charge in [0, 0.05) is 24.8 Å². The van der Waals surface area contributed by atoms with Crippen molar-refractivity contribution in [1.82, 2.24) is 0 Å². The van der Waals surface area contributed by atoms with E-state index in [-0.39, 0.29) is 0 Å². The van der Waals surface area contributed by atoms with E-state index in [4.69, 9.17) is 0 Å². The van der Waals surface area contributed by atoms with Crippen LogP contribution >= 0.6 is 0 Å². The van der Waals surface area contributed by atoms with Crippen molar-refractivity contribution in [3.63, 3.8) is 0 Å². The number of nitrogens with one attached hydrogen (secondary N) is 1. The van der Waals surface area contributed by atoms with Gasteiger partial charge in [0.05, 0.1) is 25.2 Å². The van der Waals surface area contributed by atoms with Crippen LogP contribution in [-0.2, 0) is 6.54 Å². The molecule has 2 nitrogen and oxygen atoms in total. The van der Waals surface area contributed by atoms with Crippen LogP contribution in [0.4, 0.5) is 0 Å². The van der Waals surface area contributed by atoms with Gasteiger partial charge in [0.1, 0.15) is 6.54 Å². The summed E-state index contributed by atoms with van der Waals surface area (Å²) in [6.07, 6.45) is 8.66. The largest absolute Gasteiger partial charge is 0.341 e. The molecule has 0 spiro atoms. The zero-order valence-corrected chi connectivity index (χ0v) is 13.6. The van der Waals surface area contributed by atoms with E-state index in [2.05, 4.69) is 42.6 Å². The van der Waals surface area contributed by atoms with E-state index in [1.807, 2.05) is 0 Å². The maximum atomic E-state index is 2.74. The first-order valence-corrected chi connectivity index (χ1v) is 9.02. The monoisotopic (exact) mass is 288 g/mol. The Morgan fingerprint density at radius 1 is 1.00 bits per heavy atom. The summed E-state index contributed by atoms with van der Waals surface area (Å²) in [4.78, 5) is 1.78. The fourth-order valence-corrected chi connectivity index (χ4v) is 4.34. The van der Waals surface area contributed by atoms with Gasteiger partial charge in [0.25, 0.3) is 0 Å². The molecule has 1 aliphatic carbocycles. The number of hydrogen-bond acceptors (Lipinski definition) is 0. The third-order valence-electron chi connectivity index (χ3n) is 5.56. The number of benzene rings is 1. The van der Waals surface area contributed by atoms with Crippen LogP contribution in [0.3, 0.4) is 0 Å². The molecule has 1 aliphatic heterocycles. The fraction of sp³-hybridized carbons (Fsp3) is 0.684. The van der Waals surface area contributed by atoms with Crippen molar-refractivity contribution in [2.45, 2.75) is 64.1 Å². The van der Waals surface area contributed by atoms with Crippen LogP contribution in [0.25, 0.3) is 0 Å². The lowest BCUT2D eigenvalue weighted by Crippen LogP contribution is -3.14. The van der Waals surface area contributed by atoms with Crippen molar-refractivity contribution in [2.75, 3.05) is 13.1 Å². The van der Waals surface area contributed by atoms with E-state index in [9.17, 15) is 0 Å². The van der Waals surface area contributed by atoms with E-state index >= 15 is 0 Å². The minimum atomic E-state index is 0.903. The molecule has 0 radical (unpaired) electrons. The summed E-state index contributed by atoms with van der Waals surface area (Å²) in [5.41, 5.74) is 1.50. The highest BCUT2D eigenvalue weighted by atomic mass is 15.1. The van der Waals surface area contributed by atoms with Crippen LogP contribution in [0, 0.1) is 5.92 Å². The van der Waals surface area contributed by atoms with Crippen molar-refractivity contribution in [3.8, 4) is 0 Å². The van der Waals surface area contributed by atoms with Crippen molar-refractivity contribution < 1.29 is 10.2 Å². The molecule has 1 aromatic carbocycles. The van der Waals surface area contributed by atoms with Crippen molar-refractivity contribution in [1.29, 1.82) is 0 Å². The second kappa shape index (κ2) is 7.42. The first-order chi connectivity index (χ1) is 10.3. The number of likely N-dealkylation sites (tertiary alicyclic amines) is 1. The first kappa shape index (κ1) is 15.1. The second-order valence-electron chi connectivity index (χ2n) is 7.47. The zero-order valence-electron chi connectivity index (χ0n) is 13.6. The van der Waals surface area contributed by atoms with Crippen LogP contribution in [-0.4, -0.2) is 25.2 Å². The third kappa shape index (κ3) is 4.55. The number of rotatable bonds is 4. The minimum Gasteiger partial charge on any atom is -0.341 e. The maximum absolute atomic E-state index is 2.74. The minimum absolute atomic E-state index is 0.903. The standard InChI is InChI=1S/C19H30N2/c1-16-6-5-9-19(14-16)20-18-10-12-21(13-11-18)15-17-7-3-2-4-8-17/h2-4,7-8,16,18-20H,5-6,9-15H2,1H3/p+2/t16-,19-/m0/s1. The van der Waals surface area contributed by atoms with E-state index in [0.29, 0.717) is 0 Å². The smallest absolute Gasteiger partial charge is 0.103 e. The molecule has 0 amide bonds. The van der Waals surface area contributed by atoms with E-state index in [1.165, 1.54) is 63.7 Å². The molecule has 3 N–H and O–H groups in total. The topological polar surface area (TPSA) is 21.1 Å². The SMILES string of the molecule is C[C@H]1CCC[C@H]([NH2+]C2CC[NH+](Cc3ccccc3)CC2)C1. The van der Waals surface area contributed by atoms with Gasteiger partial charge in [-0.1, -0.05) is 43.7 Å². The van der Waals surface area contributed by atoms with E-state index in [0.717, 1.165) is 18.0 Å². The van der Waals surface area contributed by atoms with E-state index in [1.54, 1.807) is 4.90 Å². The highest BCUT2D eigenvalue weighted by Crippen LogP contribution is 2.21. The molecule has 0 bridgehead atoms. The van der Waals surface area contributed by atoms with Gasteiger partial charge in [0.15, 0.2) is 0 Å². The van der Waals surface area contributed by atoms with Crippen LogP contribution in [0.2, 0.25) is 0 Å². The summed E-state index contributed by atoms with van der Waals surface area (Å²) in [5, 5.41) is 2.74. The van der Waals surface area contributed by atoms with Gasteiger partial charge in [-0.25, -0.2) is 0 Å².